The molecule has 0 atom stereocenters. The number of halogens is 2. The lowest BCUT2D eigenvalue weighted by molar-refractivity contribution is 0.0525. The van der Waals surface area contributed by atoms with Crippen LogP contribution in [-0.2, 0) is 4.74 Å². The van der Waals surface area contributed by atoms with Crippen molar-refractivity contribution in [3.63, 3.8) is 0 Å². The van der Waals surface area contributed by atoms with Gasteiger partial charge in [0.15, 0.2) is 5.78 Å². The molecule has 0 unspecified atom stereocenters. The molecule has 0 spiro atoms. The fourth-order valence-electron chi connectivity index (χ4n) is 2.45. The maximum absolute atomic E-state index is 12.8. The third-order valence-corrected chi connectivity index (χ3v) is 3.92. The van der Waals surface area contributed by atoms with E-state index in [9.17, 15) is 18.4 Å². The van der Waals surface area contributed by atoms with Crippen molar-refractivity contribution < 1.29 is 23.1 Å². The summed E-state index contributed by atoms with van der Waals surface area (Å²) in [4.78, 5) is 25.4. The fraction of sp³-hybridized carbons (Fsp3) is 0.182. The summed E-state index contributed by atoms with van der Waals surface area (Å²) in [5.41, 5.74) is 3.40. The average molecular weight is 385 g/mol. The molecule has 1 heterocycles. The van der Waals surface area contributed by atoms with Gasteiger partial charge in [-0.1, -0.05) is 0 Å². The smallest absolute Gasteiger partial charge is 0.339 e. The van der Waals surface area contributed by atoms with Crippen LogP contribution in [0.15, 0.2) is 54.6 Å². The third kappa shape index (κ3) is 5.61. The maximum atomic E-state index is 12.8. The van der Waals surface area contributed by atoms with E-state index in [0.717, 1.165) is 17.0 Å². The molecule has 2 aromatic carbocycles. The van der Waals surface area contributed by atoms with Crippen LogP contribution in [0, 0.1) is 18.6 Å². The van der Waals surface area contributed by atoms with E-state index in [2.05, 4.69) is 4.98 Å². The molecule has 1 aromatic heterocycles. The Morgan fingerprint density at radius 3 is 2.00 bits per heavy atom. The van der Waals surface area contributed by atoms with E-state index >= 15 is 0 Å². The summed E-state index contributed by atoms with van der Waals surface area (Å²) in [5.74, 6) is -0.989. The number of aromatic nitrogens is 1. The zero-order valence-electron chi connectivity index (χ0n) is 15.9. The molecule has 0 amide bonds. The number of Topliss-reactive ketones (excluding diaryl/α,β-unsaturated/α-hetero) is 1. The number of nitrogens with one attached hydrogen (secondary N) is 1. The number of aromatic amines is 1. The Morgan fingerprint density at radius 1 is 0.964 bits per heavy atom. The van der Waals surface area contributed by atoms with E-state index in [1.54, 1.807) is 32.0 Å². The molecule has 146 valence electrons. The standard InChI is InChI=1S/C14H14FNO2.C8H7FO/c1-3-18-14(17)12-8-13(16-9(12)2)10-4-6-11(15)7-5-10;1-6(10)7-2-4-8(9)5-3-7/h4-8,16H,3H2,1-2H3;2-5H,1H3. The largest absolute Gasteiger partial charge is 0.462 e. The van der Waals surface area contributed by atoms with Crippen molar-refractivity contribution in [3.8, 4) is 11.3 Å². The number of carbonyl (C=O) groups excluding carboxylic acids is 2. The fourth-order valence-corrected chi connectivity index (χ4v) is 2.45. The molecule has 6 heteroatoms. The predicted octanol–water partition coefficient (Wildman–Crippen LogP) is 5.33. The molecule has 0 aliphatic heterocycles. The van der Waals surface area contributed by atoms with Crippen molar-refractivity contribution in [3.05, 3.63) is 83.1 Å². The Labute approximate surface area is 162 Å². The van der Waals surface area contributed by atoms with Gasteiger partial charge >= 0.3 is 5.97 Å². The van der Waals surface area contributed by atoms with Crippen molar-refractivity contribution >= 4 is 11.8 Å². The first-order valence-corrected chi connectivity index (χ1v) is 8.71. The lowest BCUT2D eigenvalue weighted by atomic mass is 10.1. The highest BCUT2D eigenvalue weighted by atomic mass is 19.1. The number of aryl methyl sites for hydroxylation is 1. The lowest BCUT2D eigenvalue weighted by Gasteiger charge is -1.98. The number of H-pyrrole nitrogens is 1. The van der Waals surface area contributed by atoms with Gasteiger partial charge in [-0.15, -0.1) is 0 Å². The number of hydrogen-bond acceptors (Lipinski definition) is 3. The first kappa shape index (κ1) is 21.0. The summed E-state index contributed by atoms with van der Waals surface area (Å²) < 4.78 is 30.0. The second-order valence-corrected chi connectivity index (χ2v) is 6.01. The second kappa shape index (κ2) is 9.60. The topological polar surface area (TPSA) is 59.2 Å². The zero-order valence-corrected chi connectivity index (χ0v) is 15.9. The summed E-state index contributed by atoms with van der Waals surface area (Å²) in [7, 11) is 0. The van der Waals surface area contributed by atoms with E-state index < -0.39 is 0 Å². The van der Waals surface area contributed by atoms with E-state index in [-0.39, 0.29) is 23.4 Å². The van der Waals surface area contributed by atoms with Crippen LogP contribution in [0.5, 0.6) is 0 Å². The SMILES string of the molecule is CC(=O)c1ccc(F)cc1.CCOC(=O)c1cc(-c2ccc(F)cc2)[nH]c1C. The number of esters is 1. The highest BCUT2D eigenvalue weighted by molar-refractivity contribution is 5.94. The highest BCUT2D eigenvalue weighted by Crippen LogP contribution is 2.22. The molecule has 1 N–H and O–H groups in total. The minimum absolute atomic E-state index is 0.0417. The average Bonchev–Trinajstić information content (AvgIpc) is 3.05. The van der Waals surface area contributed by atoms with Crippen molar-refractivity contribution in [1.29, 1.82) is 0 Å². The number of rotatable bonds is 4. The van der Waals surface area contributed by atoms with Crippen LogP contribution in [0.25, 0.3) is 11.3 Å². The van der Waals surface area contributed by atoms with Crippen LogP contribution in [0.1, 0.15) is 40.3 Å². The van der Waals surface area contributed by atoms with Crippen molar-refractivity contribution in [2.75, 3.05) is 6.61 Å². The van der Waals surface area contributed by atoms with Crippen LogP contribution in [0.3, 0.4) is 0 Å². The number of ketones is 1. The Balaban J connectivity index is 0.000000237. The van der Waals surface area contributed by atoms with Gasteiger partial charge < -0.3 is 9.72 Å². The Bertz CT molecular complexity index is 945. The minimum atomic E-state index is -0.348. The second-order valence-electron chi connectivity index (χ2n) is 6.01. The van der Waals surface area contributed by atoms with Crippen molar-refractivity contribution in [2.24, 2.45) is 0 Å². The monoisotopic (exact) mass is 385 g/mol. The molecule has 0 fully saturated rings. The lowest BCUT2D eigenvalue weighted by Crippen LogP contribution is -2.04. The molecule has 4 nitrogen and oxygen atoms in total. The number of benzene rings is 2. The minimum Gasteiger partial charge on any atom is -0.462 e. The third-order valence-electron chi connectivity index (χ3n) is 3.92. The Morgan fingerprint density at radius 2 is 1.50 bits per heavy atom. The van der Waals surface area contributed by atoms with Gasteiger partial charge in [-0.25, -0.2) is 13.6 Å². The van der Waals surface area contributed by atoms with Crippen LogP contribution < -0.4 is 0 Å². The van der Waals surface area contributed by atoms with Gasteiger partial charge in [0, 0.05) is 17.0 Å². The molecule has 0 saturated carbocycles. The first-order chi connectivity index (χ1) is 13.3. The van der Waals surface area contributed by atoms with E-state index in [1.165, 1.54) is 43.3 Å². The van der Waals surface area contributed by atoms with Crippen LogP contribution in [-0.4, -0.2) is 23.3 Å². The van der Waals surface area contributed by atoms with E-state index in [4.69, 9.17) is 4.74 Å². The Kier molecular flexibility index (Phi) is 7.21. The molecule has 3 aromatic rings. The molecule has 0 saturated heterocycles. The van der Waals surface area contributed by atoms with Crippen molar-refractivity contribution in [2.45, 2.75) is 20.8 Å². The van der Waals surface area contributed by atoms with Crippen molar-refractivity contribution in [1.82, 2.24) is 4.98 Å². The first-order valence-electron chi connectivity index (χ1n) is 8.71. The number of hydrogen-bond donors (Lipinski definition) is 1. The van der Waals surface area contributed by atoms with Gasteiger partial charge in [0.25, 0.3) is 0 Å². The molecular weight excluding hydrogens is 364 g/mol. The zero-order chi connectivity index (χ0) is 20.7. The summed E-state index contributed by atoms with van der Waals surface area (Å²) in [6.07, 6.45) is 0. The summed E-state index contributed by atoms with van der Waals surface area (Å²) in [6, 6.07) is 13.3. The van der Waals surface area contributed by atoms with Gasteiger partial charge in [-0.2, -0.15) is 0 Å². The Hall–Kier alpha value is -3.28. The van der Waals surface area contributed by atoms with E-state index in [0.29, 0.717) is 17.7 Å². The van der Waals surface area contributed by atoms with Gasteiger partial charge in [0.2, 0.25) is 0 Å². The van der Waals surface area contributed by atoms with Gasteiger partial charge in [0.1, 0.15) is 11.6 Å². The molecular formula is C22H21F2NO3. The molecule has 0 radical (unpaired) electrons. The predicted molar refractivity (Wildman–Crippen MR) is 103 cm³/mol. The van der Waals surface area contributed by atoms with Crippen LogP contribution in [0.2, 0.25) is 0 Å². The number of ether oxygens (including phenoxy) is 1. The normalized spacial score (nSPS) is 10.0. The summed E-state index contributed by atoms with van der Waals surface area (Å²) in [6.45, 7) is 5.36. The summed E-state index contributed by atoms with van der Waals surface area (Å²) >= 11 is 0. The number of carbonyl (C=O) groups is 2. The summed E-state index contributed by atoms with van der Waals surface area (Å²) in [5, 5.41) is 0. The van der Waals surface area contributed by atoms with Gasteiger partial charge in [0.05, 0.1) is 12.2 Å². The molecule has 0 bridgehead atoms. The molecule has 3 rings (SSSR count). The highest BCUT2D eigenvalue weighted by Gasteiger charge is 2.14. The molecule has 28 heavy (non-hydrogen) atoms. The van der Waals surface area contributed by atoms with E-state index in [1.807, 2.05) is 0 Å². The molecule has 0 aliphatic carbocycles. The van der Waals surface area contributed by atoms with Gasteiger partial charge in [-0.3, -0.25) is 4.79 Å². The maximum Gasteiger partial charge on any atom is 0.339 e. The molecule has 0 aliphatic rings. The quantitative estimate of drug-likeness (QED) is 0.487. The van der Waals surface area contributed by atoms with Gasteiger partial charge in [-0.05, 0) is 80.9 Å². The van der Waals surface area contributed by atoms with Crippen LogP contribution >= 0.6 is 0 Å². The van der Waals surface area contributed by atoms with Crippen LogP contribution in [0.4, 0.5) is 8.78 Å².